The zero-order valence-electron chi connectivity index (χ0n) is 13.4. The molecule has 0 saturated carbocycles. The lowest BCUT2D eigenvalue weighted by atomic mass is 10.3. The van der Waals surface area contributed by atoms with Gasteiger partial charge in [-0.15, -0.1) is 0 Å². The third-order valence-electron chi connectivity index (χ3n) is 3.47. The predicted molar refractivity (Wildman–Crippen MR) is 91.7 cm³/mol. The van der Waals surface area contributed by atoms with Crippen LogP contribution in [0.1, 0.15) is 21.1 Å². The maximum absolute atomic E-state index is 12.3. The highest BCUT2D eigenvalue weighted by molar-refractivity contribution is 7.16. The quantitative estimate of drug-likeness (QED) is 0.762. The van der Waals surface area contributed by atoms with E-state index in [-0.39, 0.29) is 11.5 Å². The van der Waals surface area contributed by atoms with Crippen LogP contribution in [0.2, 0.25) is 0 Å². The molecule has 0 spiro atoms. The number of rotatable bonds is 5. The first-order valence-corrected chi connectivity index (χ1v) is 8.28. The van der Waals surface area contributed by atoms with Crippen molar-refractivity contribution in [2.24, 2.45) is 0 Å². The van der Waals surface area contributed by atoms with Crippen LogP contribution in [0.15, 0.2) is 41.7 Å². The molecular formula is C16H17N5O2S. The average Bonchev–Trinajstić information content (AvgIpc) is 3.18. The fraction of sp³-hybridized carbons (Fsp3) is 0.250. The molecule has 0 unspecified atom stereocenters. The number of nitrogens with one attached hydrogen (secondary N) is 1. The number of carbonyl (C=O) groups excluding carboxylic acids is 1. The van der Waals surface area contributed by atoms with Gasteiger partial charge in [0.1, 0.15) is 4.88 Å². The van der Waals surface area contributed by atoms with Crippen molar-refractivity contribution in [3.63, 3.8) is 0 Å². The molecule has 0 aliphatic heterocycles. The predicted octanol–water partition coefficient (Wildman–Crippen LogP) is 1.54. The van der Waals surface area contributed by atoms with E-state index < -0.39 is 0 Å². The van der Waals surface area contributed by atoms with E-state index in [0.29, 0.717) is 29.4 Å². The Hall–Kier alpha value is -2.74. The summed E-state index contributed by atoms with van der Waals surface area (Å²) < 4.78 is 3.34. The van der Waals surface area contributed by atoms with Crippen LogP contribution in [0.4, 0.5) is 0 Å². The third-order valence-corrected chi connectivity index (χ3v) is 4.64. The number of amides is 1. The van der Waals surface area contributed by atoms with Crippen molar-refractivity contribution < 1.29 is 4.79 Å². The summed E-state index contributed by atoms with van der Waals surface area (Å²) in [5, 5.41) is 3.57. The van der Waals surface area contributed by atoms with Gasteiger partial charge in [-0.05, 0) is 26.0 Å². The van der Waals surface area contributed by atoms with Crippen molar-refractivity contribution in [1.29, 1.82) is 0 Å². The molecule has 3 aromatic rings. The standard InChI is InChI=1S/C16H17N5O2S/c1-11-9-13(22)21(10-18-11)8-5-17-15(23)14-12(2)19-16(24-14)20-6-3-4-7-20/h3-4,6-7,9-10H,5,8H2,1-2H3,(H,17,23). The van der Waals surface area contributed by atoms with Gasteiger partial charge in [-0.3, -0.25) is 14.2 Å². The molecule has 1 N–H and O–H groups in total. The van der Waals surface area contributed by atoms with Crippen molar-refractivity contribution in [2.75, 3.05) is 6.54 Å². The molecule has 124 valence electrons. The van der Waals surface area contributed by atoms with Gasteiger partial charge in [-0.1, -0.05) is 11.3 Å². The molecule has 24 heavy (non-hydrogen) atoms. The average molecular weight is 343 g/mol. The van der Waals surface area contributed by atoms with Gasteiger partial charge in [-0.25, -0.2) is 9.97 Å². The molecule has 0 saturated heterocycles. The minimum absolute atomic E-state index is 0.124. The Bertz CT molecular complexity index is 911. The van der Waals surface area contributed by atoms with Gasteiger partial charge in [0, 0.05) is 37.2 Å². The molecule has 7 nitrogen and oxygen atoms in total. The molecular weight excluding hydrogens is 326 g/mol. The number of aromatic nitrogens is 4. The van der Waals surface area contributed by atoms with E-state index in [1.54, 1.807) is 6.92 Å². The van der Waals surface area contributed by atoms with Gasteiger partial charge < -0.3 is 9.88 Å². The van der Waals surface area contributed by atoms with E-state index in [2.05, 4.69) is 15.3 Å². The highest BCUT2D eigenvalue weighted by Gasteiger charge is 2.15. The molecule has 0 aliphatic carbocycles. The summed E-state index contributed by atoms with van der Waals surface area (Å²) in [6, 6.07) is 5.28. The van der Waals surface area contributed by atoms with Crippen LogP contribution in [0.5, 0.6) is 0 Å². The Kier molecular flexibility index (Phi) is 4.57. The van der Waals surface area contributed by atoms with E-state index in [1.807, 2.05) is 36.0 Å². The van der Waals surface area contributed by atoms with Crippen LogP contribution in [0, 0.1) is 13.8 Å². The summed E-state index contributed by atoms with van der Waals surface area (Å²) >= 11 is 1.34. The molecule has 0 bridgehead atoms. The Labute approximate surface area is 142 Å². The molecule has 1 amide bonds. The smallest absolute Gasteiger partial charge is 0.263 e. The van der Waals surface area contributed by atoms with E-state index in [1.165, 1.54) is 28.3 Å². The van der Waals surface area contributed by atoms with Crippen LogP contribution < -0.4 is 10.9 Å². The maximum Gasteiger partial charge on any atom is 0.263 e. The van der Waals surface area contributed by atoms with Gasteiger partial charge in [0.2, 0.25) is 0 Å². The summed E-state index contributed by atoms with van der Waals surface area (Å²) in [4.78, 5) is 33.2. The molecule has 0 aromatic carbocycles. The van der Waals surface area contributed by atoms with Crippen molar-refractivity contribution in [3.05, 3.63) is 63.5 Å². The first-order chi connectivity index (χ1) is 11.5. The SMILES string of the molecule is Cc1cc(=O)n(CCNC(=O)c2sc(-n3cccc3)nc2C)cn1. The summed E-state index contributed by atoms with van der Waals surface area (Å²) in [6.45, 7) is 4.30. The summed E-state index contributed by atoms with van der Waals surface area (Å²) in [5.41, 5.74) is 1.24. The zero-order valence-corrected chi connectivity index (χ0v) is 14.2. The molecule has 0 atom stereocenters. The highest BCUT2D eigenvalue weighted by atomic mass is 32.1. The van der Waals surface area contributed by atoms with Crippen molar-refractivity contribution in [1.82, 2.24) is 24.4 Å². The van der Waals surface area contributed by atoms with E-state index in [4.69, 9.17) is 0 Å². The summed E-state index contributed by atoms with van der Waals surface area (Å²) in [7, 11) is 0. The van der Waals surface area contributed by atoms with Crippen LogP contribution in [-0.4, -0.2) is 31.6 Å². The zero-order chi connectivity index (χ0) is 17.1. The fourth-order valence-corrected chi connectivity index (χ4v) is 3.17. The first kappa shape index (κ1) is 16.1. The molecule has 8 heteroatoms. The topological polar surface area (TPSA) is 81.8 Å². The van der Waals surface area contributed by atoms with Crippen LogP contribution in [0.3, 0.4) is 0 Å². The number of hydrogen-bond acceptors (Lipinski definition) is 5. The van der Waals surface area contributed by atoms with Crippen LogP contribution >= 0.6 is 11.3 Å². The Morgan fingerprint density at radius 1 is 1.29 bits per heavy atom. The second-order valence-corrected chi connectivity index (χ2v) is 6.30. The molecule has 3 heterocycles. The van der Waals surface area contributed by atoms with Crippen molar-refractivity contribution in [3.8, 4) is 5.13 Å². The lowest BCUT2D eigenvalue weighted by molar-refractivity contribution is 0.0955. The second kappa shape index (κ2) is 6.79. The van der Waals surface area contributed by atoms with Crippen LogP contribution in [-0.2, 0) is 6.54 Å². The number of thiazole rings is 1. The Morgan fingerprint density at radius 2 is 2.04 bits per heavy atom. The lowest BCUT2D eigenvalue weighted by Crippen LogP contribution is -2.30. The lowest BCUT2D eigenvalue weighted by Gasteiger charge is -2.06. The van der Waals surface area contributed by atoms with Gasteiger partial charge in [0.15, 0.2) is 5.13 Å². The van der Waals surface area contributed by atoms with Crippen molar-refractivity contribution >= 4 is 17.2 Å². The maximum atomic E-state index is 12.3. The normalized spacial score (nSPS) is 10.8. The summed E-state index contributed by atoms with van der Waals surface area (Å²) in [5.74, 6) is -0.184. The largest absolute Gasteiger partial charge is 0.349 e. The van der Waals surface area contributed by atoms with Gasteiger partial charge in [-0.2, -0.15) is 0 Å². The van der Waals surface area contributed by atoms with E-state index in [9.17, 15) is 9.59 Å². The second-order valence-electron chi connectivity index (χ2n) is 5.32. The fourth-order valence-electron chi connectivity index (χ4n) is 2.22. The number of nitrogens with zero attached hydrogens (tertiary/aromatic N) is 4. The molecule has 3 aromatic heterocycles. The first-order valence-electron chi connectivity index (χ1n) is 7.46. The molecule has 0 fully saturated rings. The van der Waals surface area contributed by atoms with E-state index >= 15 is 0 Å². The minimum atomic E-state index is -0.184. The number of hydrogen-bond donors (Lipinski definition) is 1. The Morgan fingerprint density at radius 3 is 2.75 bits per heavy atom. The van der Waals surface area contributed by atoms with Gasteiger partial charge >= 0.3 is 0 Å². The third kappa shape index (κ3) is 3.43. The van der Waals surface area contributed by atoms with E-state index in [0.717, 1.165) is 5.13 Å². The van der Waals surface area contributed by atoms with Crippen LogP contribution in [0.25, 0.3) is 5.13 Å². The molecule has 3 rings (SSSR count). The number of aryl methyl sites for hydroxylation is 2. The summed E-state index contributed by atoms with van der Waals surface area (Å²) in [6.07, 6.45) is 5.26. The monoisotopic (exact) mass is 343 g/mol. The van der Waals surface area contributed by atoms with Gasteiger partial charge in [0.05, 0.1) is 12.0 Å². The van der Waals surface area contributed by atoms with Gasteiger partial charge in [0.25, 0.3) is 11.5 Å². The van der Waals surface area contributed by atoms with Crippen molar-refractivity contribution in [2.45, 2.75) is 20.4 Å². The highest BCUT2D eigenvalue weighted by Crippen LogP contribution is 2.21. The number of carbonyl (C=O) groups is 1. The Balaban J connectivity index is 1.64. The minimum Gasteiger partial charge on any atom is -0.349 e. The molecule has 0 radical (unpaired) electrons. The molecule has 0 aliphatic rings.